The van der Waals surface area contributed by atoms with Crippen molar-refractivity contribution in [2.75, 3.05) is 11.6 Å². The van der Waals surface area contributed by atoms with Gasteiger partial charge in [-0.1, -0.05) is 11.8 Å². The van der Waals surface area contributed by atoms with E-state index in [2.05, 4.69) is 20.4 Å². The first-order valence-electron chi connectivity index (χ1n) is 6.59. The molecule has 0 aliphatic heterocycles. The van der Waals surface area contributed by atoms with Crippen LogP contribution in [-0.2, 0) is 6.18 Å². The van der Waals surface area contributed by atoms with Gasteiger partial charge in [0.05, 0.1) is 5.56 Å². The van der Waals surface area contributed by atoms with Crippen LogP contribution in [0.2, 0.25) is 0 Å². The molecule has 0 bridgehead atoms. The molecule has 9 heteroatoms. The number of aromatic nitrogens is 4. The van der Waals surface area contributed by atoms with E-state index in [9.17, 15) is 13.2 Å². The molecule has 0 aliphatic carbocycles. The van der Waals surface area contributed by atoms with Crippen LogP contribution in [0.1, 0.15) is 11.3 Å². The SMILES string of the molecule is CSc1nc2nc(C)cc(Nc3ccc(C(F)(F)F)cc3)n2n1. The lowest BCUT2D eigenvalue weighted by Crippen LogP contribution is -2.05. The molecule has 1 aromatic carbocycles. The third-order valence-corrected chi connectivity index (χ3v) is 3.63. The van der Waals surface area contributed by atoms with Crippen LogP contribution in [0.15, 0.2) is 35.5 Å². The molecule has 1 N–H and O–H groups in total. The number of rotatable bonds is 3. The Morgan fingerprint density at radius 1 is 1.13 bits per heavy atom. The van der Waals surface area contributed by atoms with E-state index in [4.69, 9.17) is 0 Å². The Kier molecular flexibility index (Phi) is 3.88. The van der Waals surface area contributed by atoms with Gasteiger partial charge in [0.1, 0.15) is 5.82 Å². The van der Waals surface area contributed by atoms with Crippen LogP contribution < -0.4 is 5.32 Å². The fourth-order valence-corrected chi connectivity index (χ4v) is 2.37. The Hall–Kier alpha value is -2.29. The van der Waals surface area contributed by atoms with Crippen LogP contribution in [0, 0.1) is 6.92 Å². The second-order valence-electron chi connectivity index (χ2n) is 4.79. The molecule has 2 aromatic heterocycles. The van der Waals surface area contributed by atoms with Crippen molar-refractivity contribution in [3.8, 4) is 0 Å². The largest absolute Gasteiger partial charge is 0.416 e. The van der Waals surface area contributed by atoms with Gasteiger partial charge in [0.15, 0.2) is 0 Å². The Labute approximate surface area is 133 Å². The molecular weight excluding hydrogens is 327 g/mol. The van der Waals surface area contributed by atoms with Crippen molar-refractivity contribution < 1.29 is 13.2 Å². The zero-order valence-corrected chi connectivity index (χ0v) is 13.0. The van der Waals surface area contributed by atoms with Crippen molar-refractivity contribution in [1.82, 2.24) is 19.6 Å². The van der Waals surface area contributed by atoms with Gasteiger partial charge >= 0.3 is 6.18 Å². The van der Waals surface area contributed by atoms with E-state index in [1.807, 2.05) is 13.2 Å². The first-order chi connectivity index (χ1) is 10.9. The molecule has 3 rings (SSSR count). The number of alkyl halides is 3. The average molecular weight is 339 g/mol. The Morgan fingerprint density at radius 2 is 1.83 bits per heavy atom. The minimum atomic E-state index is -4.35. The van der Waals surface area contributed by atoms with Gasteiger partial charge in [-0.2, -0.15) is 22.7 Å². The minimum Gasteiger partial charge on any atom is -0.340 e. The van der Waals surface area contributed by atoms with E-state index in [1.165, 1.54) is 28.4 Å². The first kappa shape index (κ1) is 15.6. The summed E-state index contributed by atoms with van der Waals surface area (Å²) in [5.74, 6) is 1.02. The maximum absolute atomic E-state index is 12.6. The number of benzene rings is 1. The maximum atomic E-state index is 12.6. The number of nitrogens with one attached hydrogen (secondary N) is 1. The third-order valence-electron chi connectivity index (χ3n) is 3.09. The summed E-state index contributed by atoms with van der Waals surface area (Å²) in [5, 5.41) is 7.90. The molecule has 3 aromatic rings. The Bertz CT molecular complexity index is 842. The summed E-state index contributed by atoms with van der Waals surface area (Å²) < 4.78 is 39.3. The summed E-state index contributed by atoms with van der Waals surface area (Å²) >= 11 is 1.38. The van der Waals surface area contributed by atoms with Gasteiger partial charge in [0.25, 0.3) is 5.78 Å². The number of aryl methyl sites for hydroxylation is 1. The standard InChI is InChI=1S/C14H12F3N5S/c1-8-7-11(22-12(18-8)20-13(21-22)23-2)19-10-5-3-9(4-6-10)14(15,16)17/h3-7,19H,1-2H3. The molecule has 0 aliphatic rings. The van der Waals surface area contributed by atoms with E-state index in [0.29, 0.717) is 22.4 Å². The lowest BCUT2D eigenvalue weighted by molar-refractivity contribution is -0.137. The van der Waals surface area contributed by atoms with Crippen LogP contribution in [0.5, 0.6) is 0 Å². The number of fused-ring (bicyclic) bond motifs is 1. The fourth-order valence-electron chi connectivity index (χ4n) is 2.03. The lowest BCUT2D eigenvalue weighted by atomic mass is 10.2. The molecule has 0 fully saturated rings. The van der Waals surface area contributed by atoms with Crippen molar-refractivity contribution >= 4 is 29.0 Å². The maximum Gasteiger partial charge on any atom is 0.416 e. The van der Waals surface area contributed by atoms with Crippen molar-refractivity contribution in [1.29, 1.82) is 0 Å². The van der Waals surface area contributed by atoms with E-state index in [-0.39, 0.29) is 0 Å². The molecule has 0 radical (unpaired) electrons. The van der Waals surface area contributed by atoms with Crippen LogP contribution in [0.25, 0.3) is 5.78 Å². The highest BCUT2D eigenvalue weighted by Crippen LogP contribution is 2.30. The number of hydrogen-bond acceptors (Lipinski definition) is 5. The smallest absolute Gasteiger partial charge is 0.340 e. The minimum absolute atomic E-state index is 0.434. The number of hydrogen-bond donors (Lipinski definition) is 1. The molecule has 5 nitrogen and oxygen atoms in total. The fraction of sp³-hybridized carbons (Fsp3) is 0.214. The molecule has 0 unspecified atom stereocenters. The zero-order chi connectivity index (χ0) is 16.6. The zero-order valence-electron chi connectivity index (χ0n) is 12.2. The second kappa shape index (κ2) is 5.73. The summed E-state index contributed by atoms with van der Waals surface area (Å²) in [5.41, 5.74) is 0.558. The van der Waals surface area contributed by atoms with Crippen LogP contribution in [-0.4, -0.2) is 25.8 Å². The summed E-state index contributed by atoms with van der Waals surface area (Å²) in [6, 6.07) is 6.56. The van der Waals surface area contributed by atoms with Crippen molar-refractivity contribution in [3.05, 3.63) is 41.6 Å². The topological polar surface area (TPSA) is 55.1 Å². The van der Waals surface area contributed by atoms with Gasteiger partial charge in [-0.25, -0.2) is 4.98 Å². The highest BCUT2D eigenvalue weighted by atomic mass is 32.2. The summed E-state index contributed by atoms with van der Waals surface area (Å²) in [6.45, 7) is 1.81. The van der Waals surface area contributed by atoms with E-state index in [0.717, 1.165) is 17.8 Å². The van der Waals surface area contributed by atoms with Crippen molar-refractivity contribution in [2.24, 2.45) is 0 Å². The third kappa shape index (κ3) is 3.24. The van der Waals surface area contributed by atoms with Gasteiger partial charge in [0, 0.05) is 17.4 Å². The molecule has 0 atom stereocenters. The number of nitrogens with zero attached hydrogens (tertiary/aromatic N) is 4. The van der Waals surface area contributed by atoms with Crippen molar-refractivity contribution in [2.45, 2.75) is 18.3 Å². The van der Waals surface area contributed by atoms with Gasteiger partial charge in [0.2, 0.25) is 5.16 Å². The predicted octanol–water partition coefficient (Wildman–Crippen LogP) is 3.92. The first-order valence-corrected chi connectivity index (χ1v) is 7.82. The van der Waals surface area contributed by atoms with E-state index < -0.39 is 11.7 Å². The van der Waals surface area contributed by atoms with Gasteiger partial charge in [-0.15, -0.1) is 5.10 Å². The lowest BCUT2D eigenvalue weighted by Gasteiger charge is -2.10. The second-order valence-corrected chi connectivity index (χ2v) is 5.57. The molecule has 0 saturated carbocycles. The molecular formula is C14H12F3N5S. The molecule has 23 heavy (non-hydrogen) atoms. The van der Waals surface area contributed by atoms with E-state index >= 15 is 0 Å². The summed E-state index contributed by atoms with van der Waals surface area (Å²) in [7, 11) is 0. The quantitative estimate of drug-likeness (QED) is 0.733. The Morgan fingerprint density at radius 3 is 2.43 bits per heavy atom. The monoisotopic (exact) mass is 339 g/mol. The van der Waals surface area contributed by atoms with Crippen LogP contribution >= 0.6 is 11.8 Å². The number of halogens is 3. The van der Waals surface area contributed by atoms with Crippen LogP contribution in [0.4, 0.5) is 24.7 Å². The molecule has 120 valence electrons. The summed E-state index contributed by atoms with van der Waals surface area (Å²) in [4.78, 5) is 8.54. The van der Waals surface area contributed by atoms with Crippen molar-refractivity contribution in [3.63, 3.8) is 0 Å². The molecule has 0 saturated heterocycles. The highest BCUT2D eigenvalue weighted by Gasteiger charge is 2.29. The highest BCUT2D eigenvalue weighted by molar-refractivity contribution is 7.98. The van der Waals surface area contributed by atoms with Crippen LogP contribution in [0.3, 0.4) is 0 Å². The average Bonchev–Trinajstić information content (AvgIpc) is 2.90. The normalized spacial score (nSPS) is 11.9. The van der Waals surface area contributed by atoms with Gasteiger partial charge < -0.3 is 5.32 Å². The predicted molar refractivity (Wildman–Crippen MR) is 82.0 cm³/mol. The van der Waals surface area contributed by atoms with E-state index in [1.54, 1.807) is 6.07 Å². The Balaban J connectivity index is 1.96. The van der Waals surface area contributed by atoms with Gasteiger partial charge in [-0.05, 0) is 37.4 Å². The molecule has 0 amide bonds. The molecule has 2 heterocycles. The van der Waals surface area contributed by atoms with Gasteiger partial charge in [-0.3, -0.25) is 0 Å². The number of anilines is 2. The molecule has 0 spiro atoms. The summed E-state index contributed by atoms with van der Waals surface area (Å²) in [6.07, 6.45) is -2.50. The number of thioether (sulfide) groups is 1.